The van der Waals surface area contributed by atoms with Gasteiger partial charge in [-0.05, 0) is 49.4 Å². The van der Waals surface area contributed by atoms with Gasteiger partial charge in [-0.1, -0.05) is 50.7 Å². The quantitative estimate of drug-likeness (QED) is 0.493. The third kappa shape index (κ3) is 2.27. The summed E-state index contributed by atoms with van der Waals surface area (Å²) < 4.78 is 0. The maximum Gasteiger partial charge on any atom is 0.233 e. The third-order valence-corrected chi connectivity index (χ3v) is 10.3. The Morgan fingerprint density at radius 3 is 1.22 bits per heavy atom. The Morgan fingerprint density at radius 2 is 0.844 bits per heavy atom. The van der Waals surface area contributed by atoms with Crippen molar-refractivity contribution in [1.29, 1.82) is 0 Å². The Morgan fingerprint density at radius 1 is 0.500 bits per heavy atom. The summed E-state index contributed by atoms with van der Waals surface area (Å²) in [7, 11) is 0. The van der Waals surface area contributed by atoms with E-state index in [9.17, 15) is 19.2 Å². The van der Waals surface area contributed by atoms with Crippen LogP contribution in [0.1, 0.15) is 64.2 Å². The van der Waals surface area contributed by atoms with E-state index in [1.54, 1.807) is 9.80 Å². The monoisotopic (exact) mass is 436 g/mol. The zero-order chi connectivity index (χ0) is 21.7. The van der Waals surface area contributed by atoms with E-state index in [2.05, 4.69) is 12.2 Å². The molecular formula is C26H32N2O4. The topological polar surface area (TPSA) is 74.8 Å². The normalized spacial score (nSPS) is 45.9. The van der Waals surface area contributed by atoms with E-state index in [0.717, 1.165) is 51.4 Å². The smallest absolute Gasteiger partial charge is 0.233 e. The molecule has 170 valence electrons. The number of hydrogen-bond donors (Lipinski definition) is 0. The van der Waals surface area contributed by atoms with Crippen molar-refractivity contribution in [1.82, 2.24) is 9.80 Å². The molecule has 0 aromatic heterocycles. The fourth-order valence-corrected chi connectivity index (χ4v) is 9.05. The summed E-state index contributed by atoms with van der Waals surface area (Å²) in [6.07, 6.45) is 14.6. The number of allylic oxidation sites excluding steroid dienone is 2. The lowest BCUT2D eigenvalue weighted by Crippen LogP contribution is -2.63. The molecule has 32 heavy (non-hydrogen) atoms. The molecule has 2 aliphatic heterocycles. The maximum absolute atomic E-state index is 13.6. The molecule has 2 bridgehead atoms. The van der Waals surface area contributed by atoms with E-state index in [1.807, 2.05) is 0 Å². The first kappa shape index (κ1) is 19.5. The molecule has 0 radical (unpaired) electrons. The summed E-state index contributed by atoms with van der Waals surface area (Å²) in [5.41, 5.74) is 0. The van der Waals surface area contributed by atoms with Crippen molar-refractivity contribution in [2.75, 3.05) is 0 Å². The van der Waals surface area contributed by atoms with Gasteiger partial charge in [0.1, 0.15) is 0 Å². The van der Waals surface area contributed by atoms with E-state index in [0.29, 0.717) is 0 Å². The molecule has 8 atom stereocenters. The molecule has 2 heterocycles. The Bertz CT molecular complexity index is 874. The number of hydrogen-bond acceptors (Lipinski definition) is 4. The molecule has 6 nitrogen and oxygen atoms in total. The predicted molar refractivity (Wildman–Crippen MR) is 115 cm³/mol. The van der Waals surface area contributed by atoms with Crippen LogP contribution < -0.4 is 0 Å². The van der Waals surface area contributed by atoms with Gasteiger partial charge in [0.2, 0.25) is 23.6 Å². The van der Waals surface area contributed by atoms with Crippen molar-refractivity contribution >= 4 is 23.6 Å². The zero-order valence-corrected chi connectivity index (χ0v) is 18.5. The maximum atomic E-state index is 13.6. The second-order valence-electron chi connectivity index (χ2n) is 11.5. The number of rotatable bonds is 2. The molecule has 0 aromatic rings. The molecule has 0 aromatic carbocycles. The number of fused-ring (bicyclic) bond motifs is 1. The Kier molecular flexibility index (Phi) is 4.12. The van der Waals surface area contributed by atoms with Gasteiger partial charge in [0, 0.05) is 12.1 Å². The molecule has 6 heteroatoms. The molecule has 0 unspecified atom stereocenters. The second kappa shape index (κ2) is 6.77. The minimum atomic E-state index is -0.312. The third-order valence-electron chi connectivity index (χ3n) is 10.3. The SMILES string of the molecule is O=C1[C@@H]2[C@@H]3C=C[C@@H]([C@H]2C(=O)N1C1CCCCC1)[C@H]1[C@H]2C(=O)N(C4CCCCC4)C(=O)[C@@H]2[C@H]31. The summed E-state index contributed by atoms with van der Waals surface area (Å²) >= 11 is 0. The van der Waals surface area contributed by atoms with E-state index in [-0.39, 0.29) is 83.1 Å². The summed E-state index contributed by atoms with van der Waals surface area (Å²) in [5.74, 6) is -1.11. The van der Waals surface area contributed by atoms with Gasteiger partial charge in [0.25, 0.3) is 0 Å². The lowest BCUT2D eigenvalue weighted by Gasteiger charge is -2.60. The van der Waals surface area contributed by atoms with Gasteiger partial charge in [-0.15, -0.1) is 0 Å². The average Bonchev–Trinajstić information content (AvgIpc) is 3.19. The standard InChI is InChI=1S/C26H32N2O4/c29-23-19-15-11-12-16(20(19)24(30)27(23)13-7-3-1-4-8-13)18-17(15)21-22(18)26(32)28(25(21)31)14-9-5-2-6-10-14/h11-22H,1-10H2/t15-,16-,17-,18-,19-,20-,21-,22-/m1/s1. The molecule has 0 spiro atoms. The fraction of sp³-hybridized carbons (Fsp3) is 0.769. The van der Waals surface area contributed by atoms with Crippen LogP contribution in [-0.4, -0.2) is 45.5 Å². The van der Waals surface area contributed by atoms with Crippen molar-refractivity contribution in [3.63, 3.8) is 0 Å². The molecule has 8 aliphatic rings. The Hall–Kier alpha value is -1.98. The minimum Gasteiger partial charge on any atom is -0.279 e. The molecule has 2 saturated heterocycles. The first-order valence-corrected chi connectivity index (χ1v) is 13.0. The predicted octanol–water partition coefficient (Wildman–Crippen LogP) is 2.92. The van der Waals surface area contributed by atoms with Crippen LogP contribution in [0.25, 0.3) is 0 Å². The highest BCUT2D eigenvalue weighted by atomic mass is 16.2. The molecule has 6 fully saturated rings. The zero-order valence-electron chi connectivity index (χ0n) is 18.5. The highest BCUT2D eigenvalue weighted by molar-refractivity contribution is 6.09. The van der Waals surface area contributed by atoms with E-state index in [4.69, 9.17) is 0 Å². The molecule has 4 saturated carbocycles. The van der Waals surface area contributed by atoms with E-state index in [1.165, 1.54) is 12.8 Å². The molecular weight excluding hydrogens is 404 g/mol. The van der Waals surface area contributed by atoms with Crippen LogP contribution >= 0.6 is 0 Å². The van der Waals surface area contributed by atoms with Gasteiger partial charge in [-0.2, -0.15) is 0 Å². The van der Waals surface area contributed by atoms with Gasteiger partial charge in [-0.3, -0.25) is 29.0 Å². The lowest BCUT2D eigenvalue weighted by molar-refractivity contribution is -0.166. The summed E-state index contributed by atoms with van der Waals surface area (Å²) in [5, 5.41) is 0. The van der Waals surface area contributed by atoms with Crippen LogP contribution in [0.2, 0.25) is 0 Å². The van der Waals surface area contributed by atoms with Crippen LogP contribution in [0.4, 0.5) is 0 Å². The van der Waals surface area contributed by atoms with Gasteiger partial charge < -0.3 is 0 Å². The van der Waals surface area contributed by atoms with Gasteiger partial charge in [-0.25, -0.2) is 0 Å². The van der Waals surface area contributed by atoms with Crippen LogP contribution in [-0.2, 0) is 19.2 Å². The second-order valence-corrected chi connectivity index (χ2v) is 11.5. The highest BCUT2D eigenvalue weighted by Crippen LogP contribution is 2.68. The Balaban J connectivity index is 1.20. The molecule has 6 aliphatic carbocycles. The van der Waals surface area contributed by atoms with Crippen molar-refractivity contribution in [3.8, 4) is 0 Å². The van der Waals surface area contributed by atoms with Crippen LogP contribution in [0.15, 0.2) is 12.2 Å². The van der Waals surface area contributed by atoms with Crippen molar-refractivity contribution in [3.05, 3.63) is 12.2 Å². The summed E-state index contributed by atoms with van der Waals surface area (Å²) in [6.45, 7) is 0. The number of amides is 4. The fourth-order valence-electron chi connectivity index (χ4n) is 9.05. The summed E-state index contributed by atoms with van der Waals surface area (Å²) in [4.78, 5) is 57.4. The van der Waals surface area contributed by atoms with Crippen molar-refractivity contribution in [2.45, 2.75) is 76.3 Å². The first-order valence-electron chi connectivity index (χ1n) is 13.0. The van der Waals surface area contributed by atoms with Crippen LogP contribution in [0.5, 0.6) is 0 Å². The first-order chi connectivity index (χ1) is 15.6. The molecule has 4 amide bonds. The largest absolute Gasteiger partial charge is 0.279 e. The number of carbonyl (C=O) groups excluding carboxylic acids is 4. The lowest BCUT2D eigenvalue weighted by atomic mass is 9.40. The van der Waals surface area contributed by atoms with Crippen molar-refractivity contribution < 1.29 is 19.2 Å². The van der Waals surface area contributed by atoms with E-state index >= 15 is 0 Å². The number of imide groups is 2. The summed E-state index contributed by atoms with van der Waals surface area (Å²) in [6, 6.07) is 0.113. The number of nitrogens with zero attached hydrogens (tertiary/aromatic N) is 2. The molecule has 0 N–H and O–H groups in total. The van der Waals surface area contributed by atoms with Crippen LogP contribution in [0.3, 0.4) is 0 Å². The Labute approximate surface area is 188 Å². The van der Waals surface area contributed by atoms with Crippen LogP contribution in [0, 0.1) is 47.3 Å². The highest BCUT2D eigenvalue weighted by Gasteiger charge is 2.75. The van der Waals surface area contributed by atoms with E-state index < -0.39 is 0 Å². The van der Waals surface area contributed by atoms with Gasteiger partial charge in [0.05, 0.1) is 23.7 Å². The van der Waals surface area contributed by atoms with Gasteiger partial charge >= 0.3 is 0 Å². The van der Waals surface area contributed by atoms with Gasteiger partial charge in [0.15, 0.2) is 0 Å². The minimum absolute atomic E-state index is 0.00839. The van der Waals surface area contributed by atoms with Crippen molar-refractivity contribution in [2.24, 2.45) is 47.3 Å². The average molecular weight is 437 g/mol. The molecule has 8 rings (SSSR count). The number of likely N-dealkylation sites (tertiary alicyclic amines) is 2. The number of carbonyl (C=O) groups is 4.